The average Bonchev–Trinajstić information content (AvgIpc) is 2.35. The Hall–Kier alpha value is -1.75. The number of ether oxygens (including phenoxy) is 2. The molecular formula is C12H16N2O3. The molecule has 0 radical (unpaired) electrons. The fourth-order valence-electron chi connectivity index (χ4n) is 2.09. The van der Waals surface area contributed by atoms with Crippen LogP contribution in [0.3, 0.4) is 0 Å². The van der Waals surface area contributed by atoms with Crippen LogP contribution in [0.5, 0.6) is 11.5 Å². The fourth-order valence-corrected chi connectivity index (χ4v) is 2.09. The molecule has 0 aromatic heterocycles. The third-order valence-electron chi connectivity index (χ3n) is 2.99. The summed E-state index contributed by atoms with van der Waals surface area (Å²) in [4.78, 5) is 11.5. The molecule has 0 fully saturated rings. The number of methoxy groups -OCH3 is 2. The van der Waals surface area contributed by atoms with Crippen molar-refractivity contribution in [1.29, 1.82) is 0 Å². The molecule has 3 N–H and O–H groups in total. The van der Waals surface area contributed by atoms with Crippen LogP contribution in [-0.4, -0.2) is 26.7 Å². The van der Waals surface area contributed by atoms with Crippen molar-refractivity contribution in [3.8, 4) is 11.5 Å². The van der Waals surface area contributed by atoms with Crippen molar-refractivity contribution in [2.45, 2.75) is 12.3 Å². The largest absolute Gasteiger partial charge is 0.493 e. The molecule has 92 valence electrons. The Balaban J connectivity index is 2.50. The molecule has 1 aromatic rings. The maximum atomic E-state index is 11.5. The lowest BCUT2D eigenvalue weighted by Crippen LogP contribution is -2.27. The summed E-state index contributed by atoms with van der Waals surface area (Å²) in [5.41, 5.74) is 7.45. The van der Waals surface area contributed by atoms with Gasteiger partial charge in [-0.1, -0.05) is 0 Å². The van der Waals surface area contributed by atoms with Crippen molar-refractivity contribution >= 4 is 11.6 Å². The quantitative estimate of drug-likeness (QED) is 0.823. The van der Waals surface area contributed by atoms with Gasteiger partial charge in [-0.3, -0.25) is 4.79 Å². The predicted octanol–water partition coefficient (Wildman–Crippen LogP) is 1.09. The first-order chi connectivity index (χ1) is 8.19. The van der Waals surface area contributed by atoms with E-state index in [1.807, 2.05) is 6.07 Å². The summed E-state index contributed by atoms with van der Waals surface area (Å²) in [5.74, 6) is 1.28. The second-order valence-electron chi connectivity index (χ2n) is 3.98. The van der Waals surface area contributed by atoms with Gasteiger partial charge in [0.15, 0.2) is 11.5 Å². The molecule has 2 rings (SSSR count). The van der Waals surface area contributed by atoms with E-state index in [1.165, 1.54) is 0 Å². The normalized spacial score (nSPS) is 18.3. The highest BCUT2D eigenvalue weighted by Gasteiger charge is 2.26. The van der Waals surface area contributed by atoms with Crippen LogP contribution in [0, 0.1) is 0 Å². The molecule has 1 aliphatic heterocycles. The maximum Gasteiger partial charge on any atom is 0.225 e. The average molecular weight is 236 g/mol. The van der Waals surface area contributed by atoms with Crippen molar-refractivity contribution in [2.75, 3.05) is 26.1 Å². The maximum absolute atomic E-state index is 11.5. The van der Waals surface area contributed by atoms with Gasteiger partial charge < -0.3 is 20.5 Å². The standard InChI is InChI=1S/C12H16N2O3/c1-16-10-4-8-7(6-13)3-12(15)14-9(8)5-11(10)17-2/h4-5,7H,3,6,13H2,1-2H3,(H,14,15). The molecule has 1 heterocycles. The number of carbonyl (C=O) groups excluding carboxylic acids is 1. The molecule has 1 aromatic carbocycles. The zero-order valence-electron chi connectivity index (χ0n) is 9.95. The topological polar surface area (TPSA) is 73.6 Å². The van der Waals surface area contributed by atoms with Gasteiger partial charge in [-0.05, 0) is 18.2 Å². The molecule has 5 heteroatoms. The molecule has 0 spiro atoms. The molecular weight excluding hydrogens is 220 g/mol. The van der Waals surface area contributed by atoms with E-state index in [9.17, 15) is 4.79 Å². The second-order valence-corrected chi connectivity index (χ2v) is 3.98. The predicted molar refractivity (Wildman–Crippen MR) is 64.6 cm³/mol. The first kappa shape index (κ1) is 11.7. The Morgan fingerprint density at radius 2 is 2.00 bits per heavy atom. The van der Waals surface area contributed by atoms with E-state index in [1.54, 1.807) is 20.3 Å². The van der Waals surface area contributed by atoms with Crippen molar-refractivity contribution in [3.63, 3.8) is 0 Å². The summed E-state index contributed by atoms with van der Waals surface area (Å²) in [7, 11) is 3.15. The molecule has 1 amide bonds. The van der Waals surface area contributed by atoms with Gasteiger partial charge in [-0.15, -0.1) is 0 Å². The van der Waals surface area contributed by atoms with E-state index in [2.05, 4.69) is 5.32 Å². The van der Waals surface area contributed by atoms with Gasteiger partial charge in [0.2, 0.25) is 5.91 Å². The van der Waals surface area contributed by atoms with Crippen LogP contribution >= 0.6 is 0 Å². The van der Waals surface area contributed by atoms with E-state index in [0.717, 1.165) is 11.3 Å². The van der Waals surface area contributed by atoms with Gasteiger partial charge in [0.05, 0.1) is 14.2 Å². The number of amides is 1. The van der Waals surface area contributed by atoms with Crippen molar-refractivity contribution < 1.29 is 14.3 Å². The van der Waals surface area contributed by atoms with Gasteiger partial charge in [-0.2, -0.15) is 0 Å². The Bertz CT molecular complexity index is 446. The summed E-state index contributed by atoms with van der Waals surface area (Å²) < 4.78 is 10.4. The molecule has 17 heavy (non-hydrogen) atoms. The number of rotatable bonds is 3. The van der Waals surface area contributed by atoms with E-state index < -0.39 is 0 Å². The minimum atomic E-state index is -0.0137. The Labute approximate surface area is 99.9 Å². The van der Waals surface area contributed by atoms with E-state index in [-0.39, 0.29) is 11.8 Å². The molecule has 1 unspecified atom stereocenters. The number of hydrogen-bond donors (Lipinski definition) is 2. The molecule has 0 saturated heterocycles. The smallest absolute Gasteiger partial charge is 0.225 e. The zero-order valence-corrected chi connectivity index (χ0v) is 9.95. The van der Waals surface area contributed by atoms with Crippen LogP contribution in [0.2, 0.25) is 0 Å². The summed E-state index contributed by atoms with van der Waals surface area (Å²) >= 11 is 0. The lowest BCUT2D eigenvalue weighted by atomic mass is 9.90. The van der Waals surface area contributed by atoms with Crippen molar-refractivity contribution in [2.24, 2.45) is 5.73 Å². The lowest BCUT2D eigenvalue weighted by molar-refractivity contribution is -0.116. The number of benzene rings is 1. The highest BCUT2D eigenvalue weighted by atomic mass is 16.5. The summed E-state index contributed by atoms with van der Waals surface area (Å²) in [6.45, 7) is 0.440. The lowest BCUT2D eigenvalue weighted by Gasteiger charge is -2.25. The van der Waals surface area contributed by atoms with Crippen LogP contribution in [0.25, 0.3) is 0 Å². The van der Waals surface area contributed by atoms with E-state index >= 15 is 0 Å². The SMILES string of the molecule is COc1cc2c(cc1OC)C(CN)CC(=O)N2. The Kier molecular flexibility index (Phi) is 3.19. The Morgan fingerprint density at radius 3 is 2.59 bits per heavy atom. The molecule has 5 nitrogen and oxygen atoms in total. The second kappa shape index (κ2) is 4.63. The van der Waals surface area contributed by atoms with Gasteiger partial charge in [-0.25, -0.2) is 0 Å². The third kappa shape index (κ3) is 2.06. The van der Waals surface area contributed by atoms with Gasteiger partial charge in [0.25, 0.3) is 0 Å². The van der Waals surface area contributed by atoms with Crippen LogP contribution < -0.4 is 20.5 Å². The van der Waals surface area contributed by atoms with Gasteiger partial charge in [0.1, 0.15) is 0 Å². The van der Waals surface area contributed by atoms with Crippen molar-refractivity contribution in [1.82, 2.24) is 0 Å². The number of hydrogen-bond acceptors (Lipinski definition) is 4. The number of carbonyl (C=O) groups is 1. The summed E-state index contributed by atoms with van der Waals surface area (Å²) in [6.07, 6.45) is 0.416. The summed E-state index contributed by atoms with van der Waals surface area (Å²) in [5, 5.41) is 2.82. The van der Waals surface area contributed by atoms with Gasteiger partial charge >= 0.3 is 0 Å². The minimum absolute atomic E-state index is 0.0137. The van der Waals surface area contributed by atoms with E-state index in [0.29, 0.717) is 24.5 Å². The molecule has 0 aliphatic carbocycles. The molecule has 1 atom stereocenters. The number of nitrogens with two attached hydrogens (primary N) is 1. The first-order valence-electron chi connectivity index (χ1n) is 5.45. The molecule has 1 aliphatic rings. The third-order valence-corrected chi connectivity index (χ3v) is 2.99. The monoisotopic (exact) mass is 236 g/mol. The number of anilines is 1. The fraction of sp³-hybridized carbons (Fsp3) is 0.417. The van der Waals surface area contributed by atoms with Gasteiger partial charge in [0, 0.05) is 24.1 Å². The van der Waals surface area contributed by atoms with Crippen LogP contribution in [0.15, 0.2) is 12.1 Å². The zero-order chi connectivity index (χ0) is 12.4. The highest BCUT2D eigenvalue weighted by Crippen LogP contribution is 2.39. The van der Waals surface area contributed by atoms with Crippen LogP contribution in [-0.2, 0) is 4.79 Å². The Morgan fingerprint density at radius 1 is 1.35 bits per heavy atom. The minimum Gasteiger partial charge on any atom is -0.493 e. The first-order valence-corrected chi connectivity index (χ1v) is 5.45. The molecule has 0 bridgehead atoms. The van der Waals surface area contributed by atoms with Crippen LogP contribution in [0.1, 0.15) is 17.9 Å². The number of fused-ring (bicyclic) bond motifs is 1. The summed E-state index contributed by atoms with van der Waals surface area (Å²) in [6, 6.07) is 3.65. The van der Waals surface area contributed by atoms with Crippen LogP contribution in [0.4, 0.5) is 5.69 Å². The van der Waals surface area contributed by atoms with Crippen molar-refractivity contribution in [3.05, 3.63) is 17.7 Å². The highest BCUT2D eigenvalue weighted by molar-refractivity contribution is 5.95. The molecule has 0 saturated carbocycles. The number of nitrogens with one attached hydrogen (secondary N) is 1. The van der Waals surface area contributed by atoms with E-state index in [4.69, 9.17) is 15.2 Å².